The van der Waals surface area contributed by atoms with Crippen LogP contribution in [0.15, 0.2) is 5.16 Å². The van der Waals surface area contributed by atoms with Gasteiger partial charge in [0.05, 0.1) is 5.92 Å². The summed E-state index contributed by atoms with van der Waals surface area (Å²) in [5.41, 5.74) is 10.5. The highest BCUT2D eigenvalue weighted by Gasteiger charge is 2.35. The summed E-state index contributed by atoms with van der Waals surface area (Å²) in [5, 5.41) is 11.3. The maximum Gasteiger partial charge on any atom is 0.240 e. The van der Waals surface area contributed by atoms with Crippen LogP contribution in [0.4, 0.5) is 0 Å². The van der Waals surface area contributed by atoms with Crippen molar-refractivity contribution in [2.75, 3.05) is 6.54 Å². The molecule has 16 heavy (non-hydrogen) atoms. The van der Waals surface area contributed by atoms with E-state index in [1.165, 1.54) is 11.8 Å². The Morgan fingerprint density at radius 1 is 1.50 bits per heavy atom. The molecule has 7 heteroatoms. The molecule has 0 aromatic rings. The summed E-state index contributed by atoms with van der Waals surface area (Å²) in [4.78, 5) is 24.4. The molecule has 7 nitrogen and oxygen atoms in total. The fourth-order valence-electron chi connectivity index (χ4n) is 1.79. The fourth-order valence-corrected chi connectivity index (χ4v) is 1.79. The normalized spacial score (nSPS) is 23.2. The van der Waals surface area contributed by atoms with Gasteiger partial charge in [-0.05, 0) is 19.8 Å². The second-order valence-electron chi connectivity index (χ2n) is 3.84. The number of nitrogens with two attached hydrogens (primary N) is 2. The van der Waals surface area contributed by atoms with Crippen LogP contribution in [0.5, 0.6) is 0 Å². The molecule has 1 fully saturated rings. The van der Waals surface area contributed by atoms with Crippen molar-refractivity contribution >= 4 is 17.6 Å². The molecular formula is C9H16N4O3. The molecule has 1 saturated heterocycles. The number of hydrogen-bond acceptors (Lipinski definition) is 4. The van der Waals surface area contributed by atoms with Crippen molar-refractivity contribution in [2.24, 2.45) is 22.5 Å². The van der Waals surface area contributed by atoms with Gasteiger partial charge in [0.1, 0.15) is 6.04 Å². The minimum Gasteiger partial charge on any atom is -0.409 e. The van der Waals surface area contributed by atoms with Crippen LogP contribution < -0.4 is 11.5 Å². The number of nitrogens with zero attached hydrogens (tertiary/aromatic N) is 2. The summed E-state index contributed by atoms with van der Waals surface area (Å²) < 4.78 is 0. The lowest BCUT2D eigenvalue weighted by molar-refractivity contribution is -0.138. The maximum atomic E-state index is 11.9. The number of hydrogen-bond donors (Lipinski definition) is 3. The van der Waals surface area contributed by atoms with Gasteiger partial charge in [-0.15, -0.1) is 0 Å². The summed E-state index contributed by atoms with van der Waals surface area (Å²) in [6, 6.07) is -0.568. The van der Waals surface area contributed by atoms with E-state index in [1.807, 2.05) is 0 Å². The van der Waals surface area contributed by atoms with Crippen LogP contribution in [0, 0.1) is 5.92 Å². The third-order valence-electron chi connectivity index (χ3n) is 2.79. The molecule has 0 saturated carbocycles. The zero-order chi connectivity index (χ0) is 12.3. The van der Waals surface area contributed by atoms with E-state index >= 15 is 0 Å². The highest BCUT2D eigenvalue weighted by molar-refractivity contribution is 6.03. The van der Waals surface area contributed by atoms with Gasteiger partial charge in [-0.2, -0.15) is 0 Å². The third-order valence-corrected chi connectivity index (χ3v) is 2.79. The molecular weight excluding hydrogens is 212 g/mol. The van der Waals surface area contributed by atoms with Crippen molar-refractivity contribution in [3.8, 4) is 0 Å². The SMILES string of the molecule is CC(C(=O)N1CCCC1C(N)=O)C(N)=NO. The largest absolute Gasteiger partial charge is 0.409 e. The quantitative estimate of drug-likeness (QED) is 0.244. The van der Waals surface area contributed by atoms with E-state index in [4.69, 9.17) is 16.7 Å². The molecule has 90 valence electrons. The Morgan fingerprint density at radius 3 is 2.62 bits per heavy atom. The molecule has 0 aromatic carbocycles. The summed E-state index contributed by atoms with van der Waals surface area (Å²) in [6.45, 7) is 2.00. The first-order chi connectivity index (χ1) is 7.49. The van der Waals surface area contributed by atoms with Crippen molar-refractivity contribution < 1.29 is 14.8 Å². The predicted molar refractivity (Wildman–Crippen MR) is 56.5 cm³/mol. The smallest absolute Gasteiger partial charge is 0.240 e. The van der Waals surface area contributed by atoms with E-state index in [-0.39, 0.29) is 11.7 Å². The Morgan fingerprint density at radius 2 is 2.12 bits per heavy atom. The first-order valence-electron chi connectivity index (χ1n) is 5.06. The number of primary amides is 1. The lowest BCUT2D eigenvalue weighted by Crippen LogP contribution is -2.48. The minimum atomic E-state index is -0.745. The van der Waals surface area contributed by atoms with Crippen LogP contribution >= 0.6 is 0 Å². The molecule has 0 aromatic heterocycles. The molecule has 2 unspecified atom stereocenters. The van der Waals surface area contributed by atoms with Crippen LogP contribution in [0.3, 0.4) is 0 Å². The van der Waals surface area contributed by atoms with Gasteiger partial charge in [0, 0.05) is 6.54 Å². The Hall–Kier alpha value is -1.79. The Balaban J connectivity index is 2.77. The van der Waals surface area contributed by atoms with Crippen LogP contribution in [0.2, 0.25) is 0 Å². The minimum absolute atomic E-state index is 0.167. The van der Waals surface area contributed by atoms with Crippen molar-refractivity contribution in [1.29, 1.82) is 0 Å². The number of likely N-dealkylation sites (tertiary alicyclic amines) is 1. The zero-order valence-electron chi connectivity index (χ0n) is 9.09. The van der Waals surface area contributed by atoms with Crippen LogP contribution in [0.25, 0.3) is 0 Å². The number of amidine groups is 1. The summed E-state index contributed by atoms with van der Waals surface area (Å²) in [6.07, 6.45) is 1.31. The van der Waals surface area contributed by atoms with E-state index in [9.17, 15) is 9.59 Å². The highest BCUT2D eigenvalue weighted by atomic mass is 16.4. The highest BCUT2D eigenvalue weighted by Crippen LogP contribution is 2.19. The molecule has 2 atom stereocenters. The molecule has 2 amide bonds. The third kappa shape index (κ3) is 2.23. The summed E-state index contributed by atoms with van der Waals surface area (Å²) in [7, 11) is 0. The summed E-state index contributed by atoms with van der Waals surface area (Å²) >= 11 is 0. The average molecular weight is 228 g/mol. The molecule has 0 spiro atoms. The van der Waals surface area contributed by atoms with Crippen molar-refractivity contribution in [3.63, 3.8) is 0 Å². The number of oxime groups is 1. The van der Waals surface area contributed by atoms with Crippen LogP contribution in [-0.2, 0) is 9.59 Å². The fraction of sp³-hybridized carbons (Fsp3) is 0.667. The Labute approximate surface area is 93.1 Å². The topological polar surface area (TPSA) is 122 Å². The van der Waals surface area contributed by atoms with Gasteiger partial charge < -0.3 is 21.6 Å². The van der Waals surface area contributed by atoms with E-state index in [2.05, 4.69) is 5.16 Å². The Kier molecular flexibility index (Phi) is 3.70. The first-order valence-corrected chi connectivity index (χ1v) is 5.06. The molecule has 1 aliphatic heterocycles. The molecule has 0 bridgehead atoms. The molecule has 1 aliphatic rings. The van der Waals surface area contributed by atoms with Crippen LogP contribution in [-0.4, -0.2) is 40.3 Å². The lowest BCUT2D eigenvalue weighted by Gasteiger charge is -2.24. The number of carbonyl (C=O) groups is 2. The average Bonchev–Trinajstić information content (AvgIpc) is 2.74. The van der Waals surface area contributed by atoms with Gasteiger partial charge in [0.2, 0.25) is 11.8 Å². The van der Waals surface area contributed by atoms with Gasteiger partial charge in [-0.1, -0.05) is 5.16 Å². The van der Waals surface area contributed by atoms with Crippen LogP contribution in [0.1, 0.15) is 19.8 Å². The van der Waals surface area contributed by atoms with Gasteiger partial charge in [0.25, 0.3) is 0 Å². The van der Waals surface area contributed by atoms with E-state index in [0.29, 0.717) is 13.0 Å². The molecule has 0 radical (unpaired) electrons. The van der Waals surface area contributed by atoms with Gasteiger partial charge in [-0.3, -0.25) is 9.59 Å². The van der Waals surface area contributed by atoms with Gasteiger partial charge >= 0.3 is 0 Å². The van der Waals surface area contributed by atoms with E-state index in [1.54, 1.807) is 0 Å². The lowest BCUT2D eigenvalue weighted by atomic mass is 10.1. The number of amides is 2. The van der Waals surface area contributed by atoms with Gasteiger partial charge in [0.15, 0.2) is 5.84 Å². The standard InChI is InChI=1S/C9H16N4O3/c1-5(7(10)12-16)9(15)13-4-2-3-6(13)8(11)14/h5-6,16H,2-4H2,1H3,(H2,10,12)(H2,11,14). The van der Waals surface area contributed by atoms with Crippen molar-refractivity contribution in [3.05, 3.63) is 0 Å². The van der Waals surface area contributed by atoms with E-state index in [0.717, 1.165) is 6.42 Å². The molecule has 5 N–H and O–H groups in total. The first kappa shape index (κ1) is 12.3. The molecule has 0 aliphatic carbocycles. The van der Waals surface area contributed by atoms with Gasteiger partial charge in [-0.25, -0.2) is 0 Å². The second-order valence-corrected chi connectivity index (χ2v) is 3.84. The Bertz CT molecular complexity index is 329. The monoisotopic (exact) mass is 228 g/mol. The molecule has 1 rings (SSSR count). The zero-order valence-corrected chi connectivity index (χ0v) is 9.09. The number of rotatable bonds is 3. The van der Waals surface area contributed by atoms with E-state index < -0.39 is 17.9 Å². The molecule has 1 heterocycles. The second kappa shape index (κ2) is 4.82. The number of carbonyl (C=O) groups excluding carboxylic acids is 2. The predicted octanol–water partition coefficient (Wildman–Crippen LogP) is -1.15. The van der Waals surface area contributed by atoms with Crippen molar-refractivity contribution in [2.45, 2.75) is 25.8 Å². The summed E-state index contributed by atoms with van der Waals surface area (Å²) in [5.74, 6) is -1.76. The maximum absolute atomic E-state index is 11.9. The van der Waals surface area contributed by atoms with Crippen molar-refractivity contribution in [1.82, 2.24) is 4.90 Å².